The van der Waals surface area contributed by atoms with Gasteiger partial charge in [-0.2, -0.15) is 5.26 Å². The molecule has 0 saturated heterocycles. The third kappa shape index (κ3) is 2.87. The van der Waals surface area contributed by atoms with Crippen molar-refractivity contribution in [1.82, 2.24) is 4.98 Å². The summed E-state index contributed by atoms with van der Waals surface area (Å²) in [4.78, 5) is 4.52. The number of nitrogens with zero attached hydrogens (tertiary/aromatic N) is 2. The number of hydrogen-bond donors (Lipinski definition) is 0. The lowest BCUT2D eigenvalue weighted by Gasteiger charge is -2.34. The fraction of sp³-hybridized carbons (Fsp3) is 0.714. The molecule has 1 aromatic rings. The Bertz CT molecular complexity index is 418. The van der Waals surface area contributed by atoms with Gasteiger partial charge in [0.05, 0.1) is 16.5 Å². The Morgan fingerprint density at radius 3 is 3.06 bits per heavy atom. The molecule has 1 aromatic heterocycles. The van der Waals surface area contributed by atoms with Crippen molar-refractivity contribution < 1.29 is 0 Å². The SMILES string of the molecule is CCC1CCCC(C#N)(Cc2nc(C)cs2)C1. The van der Waals surface area contributed by atoms with Gasteiger partial charge in [0.15, 0.2) is 0 Å². The summed E-state index contributed by atoms with van der Waals surface area (Å²) in [5.41, 5.74) is 0.949. The minimum absolute atomic E-state index is 0.136. The zero-order valence-corrected chi connectivity index (χ0v) is 11.5. The normalized spacial score (nSPS) is 28.9. The first kappa shape index (κ1) is 12.6. The Labute approximate surface area is 108 Å². The highest BCUT2D eigenvalue weighted by Gasteiger charge is 2.36. The summed E-state index contributed by atoms with van der Waals surface area (Å²) in [5, 5.41) is 12.8. The topological polar surface area (TPSA) is 36.7 Å². The zero-order chi connectivity index (χ0) is 12.3. The third-order valence-electron chi connectivity index (χ3n) is 3.92. The van der Waals surface area contributed by atoms with E-state index in [-0.39, 0.29) is 5.41 Å². The van der Waals surface area contributed by atoms with E-state index in [0.717, 1.165) is 35.9 Å². The fourth-order valence-corrected chi connectivity index (χ4v) is 3.82. The molecule has 0 spiro atoms. The van der Waals surface area contributed by atoms with Crippen LogP contribution in [0.5, 0.6) is 0 Å². The molecule has 0 aliphatic heterocycles. The van der Waals surface area contributed by atoms with Gasteiger partial charge in [-0.25, -0.2) is 4.98 Å². The number of aryl methyl sites for hydroxylation is 1. The Balaban J connectivity index is 2.12. The van der Waals surface area contributed by atoms with E-state index in [0.29, 0.717) is 0 Å². The minimum Gasteiger partial charge on any atom is -0.247 e. The maximum absolute atomic E-state index is 9.55. The lowest BCUT2D eigenvalue weighted by Crippen LogP contribution is -2.29. The zero-order valence-electron chi connectivity index (χ0n) is 10.7. The molecule has 0 N–H and O–H groups in total. The second-order valence-corrected chi connectivity index (χ2v) is 6.26. The van der Waals surface area contributed by atoms with Gasteiger partial charge in [-0.1, -0.05) is 26.2 Å². The second kappa shape index (κ2) is 5.18. The van der Waals surface area contributed by atoms with Crippen LogP contribution < -0.4 is 0 Å². The van der Waals surface area contributed by atoms with Crippen LogP contribution in [0.1, 0.15) is 49.7 Å². The smallest absolute Gasteiger partial charge is 0.0944 e. The van der Waals surface area contributed by atoms with E-state index >= 15 is 0 Å². The first-order valence-corrected chi connectivity index (χ1v) is 7.38. The predicted octanol–water partition coefficient (Wildman–Crippen LogP) is 4.10. The van der Waals surface area contributed by atoms with Crippen molar-refractivity contribution in [2.45, 2.75) is 52.4 Å². The number of thiazole rings is 1. The summed E-state index contributed by atoms with van der Waals surface area (Å²) in [6, 6.07) is 2.61. The summed E-state index contributed by atoms with van der Waals surface area (Å²) >= 11 is 1.70. The average Bonchev–Trinajstić information content (AvgIpc) is 2.75. The van der Waals surface area contributed by atoms with Crippen molar-refractivity contribution in [2.24, 2.45) is 11.3 Å². The predicted molar refractivity (Wildman–Crippen MR) is 70.9 cm³/mol. The fourth-order valence-electron chi connectivity index (χ4n) is 2.91. The summed E-state index contributed by atoms with van der Waals surface area (Å²) in [6.45, 7) is 4.26. The highest BCUT2D eigenvalue weighted by molar-refractivity contribution is 7.09. The van der Waals surface area contributed by atoms with E-state index in [4.69, 9.17) is 0 Å². The lowest BCUT2D eigenvalue weighted by atomic mass is 9.68. The summed E-state index contributed by atoms with van der Waals surface area (Å²) < 4.78 is 0. The van der Waals surface area contributed by atoms with Gasteiger partial charge < -0.3 is 0 Å². The van der Waals surface area contributed by atoms with Gasteiger partial charge in [0.1, 0.15) is 0 Å². The molecule has 0 bridgehead atoms. The standard InChI is InChI=1S/C14H20N2S/c1-3-12-5-4-6-14(7-12,10-15)8-13-16-11(2)9-17-13/h9,12H,3-8H2,1-2H3. The Hall–Kier alpha value is -0.880. The number of aromatic nitrogens is 1. The van der Waals surface area contributed by atoms with Crippen LogP contribution in [0.15, 0.2) is 5.38 Å². The Morgan fingerprint density at radius 1 is 1.65 bits per heavy atom. The molecule has 0 amide bonds. The van der Waals surface area contributed by atoms with Crippen LogP contribution in [0.2, 0.25) is 0 Å². The lowest BCUT2D eigenvalue weighted by molar-refractivity contribution is 0.194. The molecule has 92 valence electrons. The highest BCUT2D eigenvalue weighted by Crippen LogP contribution is 2.42. The summed E-state index contributed by atoms with van der Waals surface area (Å²) in [7, 11) is 0. The molecule has 1 heterocycles. The molecule has 2 nitrogen and oxygen atoms in total. The van der Waals surface area contributed by atoms with E-state index in [1.807, 2.05) is 6.92 Å². The molecule has 2 atom stereocenters. The van der Waals surface area contributed by atoms with Crippen molar-refractivity contribution in [3.8, 4) is 6.07 Å². The maximum Gasteiger partial charge on any atom is 0.0944 e. The van der Waals surface area contributed by atoms with Crippen LogP contribution in [0.25, 0.3) is 0 Å². The molecular formula is C14H20N2S. The first-order valence-electron chi connectivity index (χ1n) is 6.50. The Kier molecular flexibility index (Phi) is 3.83. The van der Waals surface area contributed by atoms with Crippen LogP contribution in [0.4, 0.5) is 0 Å². The van der Waals surface area contributed by atoms with Gasteiger partial charge in [-0.15, -0.1) is 11.3 Å². The van der Waals surface area contributed by atoms with Gasteiger partial charge in [-0.3, -0.25) is 0 Å². The molecule has 1 fully saturated rings. The highest BCUT2D eigenvalue weighted by atomic mass is 32.1. The molecule has 3 heteroatoms. The van der Waals surface area contributed by atoms with Gasteiger partial charge in [0.2, 0.25) is 0 Å². The largest absolute Gasteiger partial charge is 0.247 e. The van der Waals surface area contributed by atoms with Crippen molar-refractivity contribution in [1.29, 1.82) is 5.26 Å². The molecule has 1 aliphatic carbocycles. The molecular weight excluding hydrogens is 228 g/mol. The van der Waals surface area contributed by atoms with Crippen molar-refractivity contribution >= 4 is 11.3 Å². The first-order chi connectivity index (χ1) is 8.17. The molecule has 2 unspecified atom stereocenters. The molecule has 2 rings (SSSR count). The van der Waals surface area contributed by atoms with Gasteiger partial charge >= 0.3 is 0 Å². The van der Waals surface area contributed by atoms with Crippen LogP contribution in [0, 0.1) is 29.6 Å². The van der Waals surface area contributed by atoms with Crippen molar-refractivity contribution in [2.75, 3.05) is 0 Å². The van der Waals surface area contributed by atoms with E-state index in [1.54, 1.807) is 11.3 Å². The van der Waals surface area contributed by atoms with Crippen LogP contribution >= 0.6 is 11.3 Å². The average molecular weight is 248 g/mol. The quantitative estimate of drug-likeness (QED) is 0.807. The monoisotopic (exact) mass is 248 g/mol. The van der Waals surface area contributed by atoms with Crippen LogP contribution in [0.3, 0.4) is 0 Å². The number of hydrogen-bond acceptors (Lipinski definition) is 3. The van der Waals surface area contributed by atoms with Crippen LogP contribution in [-0.4, -0.2) is 4.98 Å². The number of rotatable bonds is 3. The van der Waals surface area contributed by atoms with E-state index in [1.165, 1.54) is 19.3 Å². The maximum atomic E-state index is 9.55. The summed E-state index contributed by atoms with van der Waals surface area (Å²) in [6.07, 6.45) is 6.70. The molecule has 17 heavy (non-hydrogen) atoms. The molecule has 1 aliphatic rings. The van der Waals surface area contributed by atoms with Gasteiger partial charge in [0, 0.05) is 17.5 Å². The van der Waals surface area contributed by atoms with Gasteiger partial charge in [-0.05, 0) is 25.7 Å². The molecule has 1 saturated carbocycles. The second-order valence-electron chi connectivity index (χ2n) is 5.32. The summed E-state index contributed by atoms with van der Waals surface area (Å²) in [5.74, 6) is 0.740. The van der Waals surface area contributed by atoms with Crippen molar-refractivity contribution in [3.63, 3.8) is 0 Å². The van der Waals surface area contributed by atoms with Gasteiger partial charge in [0.25, 0.3) is 0 Å². The number of nitriles is 1. The molecule has 0 radical (unpaired) electrons. The van der Waals surface area contributed by atoms with Crippen LogP contribution in [-0.2, 0) is 6.42 Å². The minimum atomic E-state index is -0.136. The molecule has 0 aromatic carbocycles. The van der Waals surface area contributed by atoms with E-state index in [2.05, 4.69) is 23.4 Å². The Morgan fingerprint density at radius 2 is 2.47 bits per heavy atom. The van der Waals surface area contributed by atoms with E-state index < -0.39 is 0 Å². The van der Waals surface area contributed by atoms with Crippen molar-refractivity contribution in [3.05, 3.63) is 16.1 Å². The third-order valence-corrected chi connectivity index (χ3v) is 4.88. The van der Waals surface area contributed by atoms with E-state index in [9.17, 15) is 5.26 Å².